The summed E-state index contributed by atoms with van der Waals surface area (Å²) in [6.07, 6.45) is 11.7. The summed E-state index contributed by atoms with van der Waals surface area (Å²) in [6.45, 7) is 21.0. The summed E-state index contributed by atoms with van der Waals surface area (Å²) in [5.41, 5.74) is 6.30. The van der Waals surface area contributed by atoms with Crippen molar-refractivity contribution in [1.82, 2.24) is 15.5 Å². The SMILES string of the molecule is C=CC(CC1CCNC1=C)N(C(=C)CNC(C)C1(C=O)C2=C(CCC=C2)c2ccccc21)C(C)C. The molecule has 1 aromatic carbocycles. The fourth-order valence-corrected chi connectivity index (χ4v) is 6.39. The van der Waals surface area contributed by atoms with Gasteiger partial charge in [0.05, 0.1) is 5.41 Å². The van der Waals surface area contributed by atoms with Gasteiger partial charge >= 0.3 is 0 Å². The van der Waals surface area contributed by atoms with Crippen molar-refractivity contribution in [2.24, 2.45) is 5.92 Å². The molecule has 1 aromatic rings. The molecule has 0 saturated carbocycles. The third-order valence-electron chi connectivity index (χ3n) is 8.21. The number of carbonyl (C=O) groups excluding carboxylic acids is 1. The Bertz CT molecular complexity index is 1060. The number of hydrogen-bond acceptors (Lipinski definition) is 4. The number of aldehydes is 1. The zero-order valence-electron chi connectivity index (χ0n) is 21.6. The van der Waals surface area contributed by atoms with Crippen molar-refractivity contribution in [2.75, 3.05) is 13.1 Å². The lowest BCUT2D eigenvalue weighted by Gasteiger charge is -2.40. The monoisotopic (exact) mass is 471 g/mol. The van der Waals surface area contributed by atoms with Crippen molar-refractivity contribution < 1.29 is 4.79 Å². The Labute approximate surface area is 211 Å². The molecule has 2 aliphatic carbocycles. The van der Waals surface area contributed by atoms with Crippen molar-refractivity contribution in [3.05, 3.63) is 90.3 Å². The first kappa shape index (κ1) is 25.2. The van der Waals surface area contributed by atoms with Crippen LogP contribution in [0.2, 0.25) is 0 Å². The standard InChI is InChI=1S/C31H41N3O/c1-7-26(18-25-16-17-32-23(25)5)34(21(2)3)22(4)19-33-24(6)31(20-35)29-14-10-8-12-27(29)28-13-9-11-15-30(28)31/h7-8,10-12,14-15,20-21,24-26,32-33H,1,4-5,9,13,16-19H2,2-3,6H3. The molecule has 4 rings (SSSR count). The molecule has 0 bridgehead atoms. The molecular weight excluding hydrogens is 430 g/mol. The van der Waals surface area contributed by atoms with Crippen LogP contribution in [0.1, 0.15) is 57.6 Å². The van der Waals surface area contributed by atoms with Crippen molar-refractivity contribution in [3.63, 3.8) is 0 Å². The Morgan fingerprint density at radius 2 is 2.09 bits per heavy atom. The van der Waals surface area contributed by atoms with Crippen LogP contribution in [0.3, 0.4) is 0 Å². The van der Waals surface area contributed by atoms with Gasteiger partial charge in [-0.15, -0.1) is 6.58 Å². The normalized spacial score (nSPS) is 24.6. The average Bonchev–Trinajstić information content (AvgIpc) is 3.40. The first-order valence-corrected chi connectivity index (χ1v) is 13.1. The van der Waals surface area contributed by atoms with Gasteiger partial charge < -0.3 is 20.3 Å². The highest BCUT2D eigenvalue weighted by atomic mass is 16.1. The van der Waals surface area contributed by atoms with Crippen molar-refractivity contribution in [1.29, 1.82) is 0 Å². The van der Waals surface area contributed by atoms with Gasteiger partial charge in [-0.2, -0.15) is 0 Å². The van der Waals surface area contributed by atoms with Gasteiger partial charge in [-0.25, -0.2) is 0 Å². The van der Waals surface area contributed by atoms with Crippen molar-refractivity contribution in [2.45, 2.75) is 70.0 Å². The predicted octanol–water partition coefficient (Wildman–Crippen LogP) is 5.51. The average molecular weight is 472 g/mol. The Balaban J connectivity index is 1.53. The van der Waals surface area contributed by atoms with Gasteiger partial charge in [-0.05, 0) is 68.7 Å². The largest absolute Gasteiger partial charge is 0.389 e. The van der Waals surface area contributed by atoms with E-state index in [-0.39, 0.29) is 18.1 Å². The number of nitrogens with zero attached hydrogens (tertiary/aromatic N) is 1. The number of allylic oxidation sites excluding steroid dienone is 4. The summed E-state index contributed by atoms with van der Waals surface area (Å²) in [6, 6.07) is 8.81. The third-order valence-corrected chi connectivity index (χ3v) is 8.21. The summed E-state index contributed by atoms with van der Waals surface area (Å²) in [5, 5.41) is 7.09. The van der Waals surface area contributed by atoms with Crippen LogP contribution in [0, 0.1) is 5.92 Å². The van der Waals surface area contributed by atoms with Crippen LogP contribution < -0.4 is 10.6 Å². The lowest BCUT2D eigenvalue weighted by Crippen LogP contribution is -2.50. The van der Waals surface area contributed by atoms with Crippen LogP contribution in [0.25, 0.3) is 5.57 Å². The first-order valence-electron chi connectivity index (χ1n) is 13.1. The van der Waals surface area contributed by atoms with Gasteiger partial charge in [0.25, 0.3) is 0 Å². The van der Waals surface area contributed by atoms with Gasteiger partial charge in [0.1, 0.15) is 6.29 Å². The highest BCUT2D eigenvalue weighted by Gasteiger charge is 2.48. The quantitative estimate of drug-likeness (QED) is 0.330. The summed E-state index contributed by atoms with van der Waals surface area (Å²) < 4.78 is 0. The molecule has 4 atom stereocenters. The van der Waals surface area contributed by atoms with Crippen LogP contribution >= 0.6 is 0 Å². The molecule has 4 unspecified atom stereocenters. The van der Waals surface area contributed by atoms with E-state index < -0.39 is 5.41 Å². The molecule has 1 saturated heterocycles. The predicted molar refractivity (Wildman–Crippen MR) is 147 cm³/mol. The molecule has 4 heteroatoms. The number of benzene rings is 1. The molecule has 0 spiro atoms. The van der Waals surface area contributed by atoms with E-state index in [4.69, 9.17) is 0 Å². The van der Waals surface area contributed by atoms with E-state index in [1.165, 1.54) is 11.1 Å². The zero-order valence-corrected chi connectivity index (χ0v) is 21.6. The van der Waals surface area contributed by atoms with E-state index >= 15 is 0 Å². The Hall–Kier alpha value is -2.85. The number of fused-ring (bicyclic) bond motifs is 2. The molecule has 2 N–H and O–H groups in total. The molecule has 3 aliphatic rings. The summed E-state index contributed by atoms with van der Waals surface area (Å²) in [4.78, 5) is 15.3. The lowest BCUT2D eigenvalue weighted by molar-refractivity contribution is -0.112. The van der Waals surface area contributed by atoms with Crippen LogP contribution in [0.4, 0.5) is 0 Å². The van der Waals surface area contributed by atoms with Gasteiger partial charge in [0, 0.05) is 48.5 Å². The van der Waals surface area contributed by atoms with E-state index in [1.54, 1.807) is 0 Å². The molecule has 1 heterocycles. The Morgan fingerprint density at radius 3 is 2.74 bits per heavy atom. The smallest absolute Gasteiger partial charge is 0.136 e. The molecule has 0 radical (unpaired) electrons. The highest BCUT2D eigenvalue weighted by molar-refractivity contribution is 5.94. The number of rotatable bonds is 11. The zero-order chi connectivity index (χ0) is 25.2. The second-order valence-corrected chi connectivity index (χ2v) is 10.5. The molecule has 1 fully saturated rings. The third kappa shape index (κ3) is 4.45. The fraction of sp³-hybridized carbons (Fsp3) is 0.452. The van der Waals surface area contributed by atoms with Crippen molar-refractivity contribution >= 4 is 11.9 Å². The Morgan fingerprint density at radius 1 is 1.31 bits per heavy atom. The second kappa shape index (κ2) is 10.4. The van der Waals surface area contributed by atoms with Crippen molar-refractivity contribution in [3.8, 4) is 0 Å². The number of hydrogen-bond donors (Lipinski definition) is 2. The van der Waals surface area contributed by atoms with E-state index in [2.05, 4.69) is 86.4 Å². The van der Waals surface area contributed by atoms with Crippen LogP contribution in [0.15, 0.2) is 79.2 Å². The lowest BCUT2D eigenvalue weighted by atomic mass is 9.72. The van der Waals surface area contributed by atoms with E-state index in [0.717, 1.165) is 61.0 Å². The molecular formula is C31H41N3O. The number of nitrogens with one attached hydrogen (secondary N) is 2. The van der Waals surface area contributed by atoms with Gasteiger partial charge in [-0.1, -0.05) is 55.7 Å². The fourth-order valence-electron chi connectivity index (χ4n) is 6.39. The summed E-state index contributed by atoms with van der Waals surface area (Å²) in [5.74, 6) is 0.454. The second-order valence-electron chi connectivity index (χ2n) is 10.5. The van der Waals surface area contributed by atoms with Gasteiger partial charge in [0.2, 0.25) is 0 Å². The first-order chi connectivity index (χ1) is 16.8. The molecule has 4 nitrogen and oxygen atoms in total. The van der Waals surface area contributed by atoms with Crippen LogP contribution in [0.5, 0.6) is 0 Å². The highest BCUT2D eigenvalue weighted by Crippen LogP contribution is 2.50. The van der Waals surface area contributed by atoms with E-state index in [9.17, 15) is 4.79 Å². The number of carbonyl (C=O) groups is 1. The Kier molecular flexibility index (Phi) is 7.51. The minimum Gasteiger partial charge on any atom is -0.389 e. The van der Waals surface area contributed by atoms with E-state index in [1.807, 2.05) is 12.1 Å². The van der Waals surface area contributed by atoms with E-state index in [0.29, 0.717) is 12.5 Å². The maximum absolute atomic E-state index is 12.9. The minimum absolute atomic E-state index is 0.0804. The van der Waals surface area contributed by atoms with Crippen LogP contribution in [-0.4, -0.2) is 42.4 Å². The molecule has 0 amide bonds. The molecule has 35 heavy (non-hydrogen) atoms. The van der Waals surface area contributed by atoms with Gasteiger partial charge in [0.15, 0.2) is 0 Å². The maximum atomic E-state index is 12.9. The molecule has 1 aliphatic heterocycles. The van der Waals surface area contributed by atoms with Gasteiger partial charge in [-0.3, -0.25) is 0 Å². The summed E-state index contributed by atoms with van der Waals surface area (Å²) in [7, 11) is 0. The molecule has 0 aromatic heterocycles. The maximum Gasteiger partial charge on any atom is 0.136 e. The summed E-state index contributed by atoms with van der Waals surface area (Å²) >= 11 is 0. The minimum atomic E-state index is -0.684. The molecule has 186 valence electrons. The topological polar surface area (TPSA) is 44.4 Å². The van der Waals surface area contributed by atoms with Crippen LogP contribution in [-0.2, 0) is 10.2 Å².